The van der Waals surface area contributed by atoms with E-state index in [0.717, 1.165) is 18.7 Å². The Bertz CT molecular complexity index is 352. The molecule has 0 radical (unpaired) electrons. The van der Waals surface area contributed by atoms with Gasteiger partial charge in [-0.25, -0.2) is 0 Å². The van der Waals surface area contributed by atoms with E-state index < -0.39 is 0 Å². The van der Waals surface area contributed by atoms with Crippen LogP contribution in [0.5, 0.6) is 0 Å². The molecule has 1 rings (SSSR count). The maximum Gasteiger partial charge on any atom is 0.0596 e. The van der Waals surface area contributed by atoms with Crippen LogP contribution in [0.15, 0.2) is 6.07 Å². The summed E-state index contributed by atoms with van der Waals surface area (Å²) in [5.41, 5.74) is 2.73. The lowest BCUT2D eigenvalue weighted by Gasteiger charge is -2.34. The molecular weight excluding hydrogens is 210 g/mol. The van der Waals surface area contributed by atoms with Crippen LogP contribution in [-0.2, 0) is 13.5 Å². The Morgan fingerprint density at radius 3 is 2.47 bits per heavy atom. The van der Waals surface area contributed by atoms with Gasteiger partial charge in [-0.2, -0.15) is 5.10 Å². The minimum atomic E-state index is 0.314. The second-order valence-electron chi connectivity index (χ2n) is 5.56. The van der Waals surface area contributed by atoms with Crippen molar-refractivity contribution >= 4 is 0 Å². The lowest BCUT2D eigenvalue weighted by molar-refractivity contribution is 0.230. The number of likely N-dealkylation sites (N-methyl/N-ethyl adjacent to an activating group) is 1. The van der Waals surface area contributed by atoms with Crippen molar-refractivity contribution in [3.05, 3.63) is 17.5 Å². The Kier molecular flexibility index (Phi) is 4.75. The van der Waals surface area contributed by atoms with Crippen LogP contribution in [0.4, 0.5) is 0 Å². The zero-order valence-electron chi connectivity index (χ0n) is 12.2. The van der Waals surface area contributed by atoms with E-state index >= 15 is 0 Å². The zero-order chi connectivity index (χ0) is 13.1. The van der Waals surface area contributed by atoms with E-state index in [1.165, 1.54) is 12.1 Å². The van der Waals surface area contributed by atoms with E-state index in [0.29, 0.717) is 11.5 Å². The van der Waals surface area contributed by atoms with Gasteiger partial charge in [-0.15, -0.1) is 0 Å². The molecule has 1 aromatic rings. The highest BCUT2D eigenvalue weighted by molar-refractivity contribution is 5.11. The molecule has 0 fully saturated rings. The number of nitrogens with zero attached hydrogens (tertiary/aromatic N) is 2. The molecule has 0 saturated carbocycles. The Morgan fingerprint density at radius 2 is 2.06 bits per heavy atom. The predicted octanol–water partition coefficient (Wildman–Crippen LogP) is 2.69. The van der Waals surface area contributed by atoms with Gasteiger partial charge in [0.1, 0.15) is 0 Å². The highest BCUT2D eigenvalue weighted by Gasteiger charge is 2.27. The summed E-state index contributed by atoms with van der Waals surface area (Å²) >= 11 is 0. The second-order valence-corrected chi connectivity index (χ2v) is 5.56. The van der Waals surface area contributed by atoms with Crippen molar-refractivity contribution < 1.29 is 0 Å². The lowest BCUT2D eigenvalue weighted by Crippen LogP contribution is -2.43. The van der Waals surface area contributed by atoms with Crippen LogP contribution in [0, 0.1) is 12.3 Å². The first-order chi connectivity index (χ1) is 7.90. The van der Waals surface area contributed by atoms with Crippen molar-refractivity contribution in [1.29, 1.82) is 0 Å². The van der Waals surface area contributed by atoms with Crippen LogP contribution in [-0.4, -0.2) is 22.4 Å². The van der Waals surface area contributed by atoms with Gasteiger partial charge in [0.25, 0.3) is 0 Å². The molecule has 0 aliphatic rings. The molecule has 0 aliphatic heterocycles. The van der Waals surface area contributed by atoms with E-state index in [1.54, 1.807) is 0 Å². The van der Waals surface area contributed by atoms with Crippen LogP contribution >= 0.6 is 0 Å². The summed E-state index contributed by atoms with van der Waals surface area (Å²) in [7, 11) is 2.03. The van der Waals surface area contributed by atoms with Crippen LogP contribution in [0.25, 0.3) is 0 Å². The maximum absolute atomic E-state index is 4.42. The van der Waals surface area contributed by atoms with Crippen LogP contribution in [0.1, 0.15) is 45.5 Å². The molecule has 0 amide bonds. The van der Waals surface area contributed by atoms with Gasteiger partial charge >= 0.3 is 0 Å². The van der Waals surface area contributed by atoms with Crippen molar-refractivity contribution in [2.24, 2.45) is 12.5 Å². The Hall–Kier alpha value is -0.830. The highest BCUT2D eigenvalue weighted by Crippen LogP contribution is 2.27. The van der Waals surface area contributed by atoms with Gasteiger partial charge in [0.05, 0.1) is 5.69 Å². The Balaban J connectivity index is 2.83. The molecule has 1 atom stereocenters. The molecule has 1 heterocycles. The van der Waals surface area contributed by atoms with Crippen molar-refractivity contribution in [2.75, 3.05) is 6.54 Å². The normalized spacial score (nSPS) is 14.0. The van der Waals surface area contributed by atoms with E-state index in [9.17, 15) is 0 Å². The highest BCUT2D eigenvalue weighted by atomic mass is 15.3. The largest absolute Gasteiger partial charge is 0.313 e. The number of hydrogen-bond donors (Lipinski definition) is 1. The van der Waals surface area contributed by atoms with Crippen molar-refractivity contribution in [3.63, 3.8) is 0 Å². The van der Waals surface area contributed by atoms with Crippen LogP contribution < -0.4 is 5.32 Å². The Labute approximate surface area is 106 Å². The van der Waals surface area contributed by atoms with Gasteiger partial charge in [0, 0.05) is 25.2 Å². The van der Waals surface area contributed by atoms with Gasteiger partial charge in [-0.05, 0) is 31.4 Å². The number of rotatable bonds is 6. The standard InChI is InChI=1S/C14H27N3/c1-7-14(4,5)13(15-8-2)10-12-9-11(3)16-17(12)6/h9,13,15H,7-8,10H2,1-6H3. The number of hydrogen-bond acceptors (Lipinski definition) is 2. The molecule has 3 nitrogen and oxygen atoms in total. The topological polar surface area (TPSA) is 29.9 Å². The Morgan fingerprint density at radius 1 is 1.41 bits per heavy atom. The molecule has 1 unspecified atom stereocenters. The first-order valence-corrected chi connectivity index (χ1v) is 6.63. The summed E-state index contributed by atoms with van der Waals surface area (Å²) < 4.78 is 2.01. The third-order valence-corrected chi connectivity index (χ3v) is 3.82. The quantitative estimate of drug-likeness (QED) is 0.824. The number of nitrogens with one attached hydrogen (secondary N) is 1. The van der Waals surface area contributed by atoms with E-state index in [2.05, 4.69) is 51.1 Å². The van der Waals surface area contributed by atoms with Crippen molar-refractivity contribution in [3.8, 4) is 0 Å². The third-order valence-electron chi connectivity index (χ3n) is 3.82. The summed E-state index contributed by atoms with van der Waals surface area (Å²) in [4.78, 5) is 0. The summed E-state index contributed by atoms with van der Waals surface area (Å²) in [5, 5.41) is 8.04. The monoisotopic (exact) mass is 237 g/mol. The molecule has 0 spiro atoms. The van der Waals surface area contributed by atoms with Crippen LogP contribution in [0.2, 0.25) is 0 Å². The van der Waals surface area contributed by atoms with Gasteiger partial charge in [0.15, 0.2) is 0 Å². The molecule has 1 aromatic heterocycles. The summed E-state index contributed by atoms with van der Waals surface area (Å²) in [6.07, 6.45) is 2.23. The third kappa shape index (κ3) is 3.56. The van der Waals surface area contributed by atoms with Gasteiger partial charge < -0.3 is 5.32 Å². The summed E-state index contributed by atoms with van der Waals surface area (Å²) in [6.45, 7) is 12.2. The first-order valence-electron chi connectivity index (χ1n) is 6.63. The molecule has 1 N–H and O–H groups in total. The van der Waals surface area contributed by atoms with Crippen molar-refractivity contribution in [1.82, 2.24) is 15.1 Å². The summed E-state index contributed by atoms with van der Waals surface area (Å²) in [6, 6.07) is 2.70. The predicted molar refractivity (Wildman–Crippen MR) is 73.2 cm³/mol. The molecule has 98 valence electrons. The van der Waals surface area contributed by atoms with E-state index in [1.807, 2.05) is 11.7 Å². The minimum absolute atomic E-state index is 0.314. The fourth-order valence-corrected chi connectivity index (χ4v) is 2.18. The second kappa shape index (κ2) is 5.67. The first kappa shape index (κ1) is 14.2. The number of aromatic nitrogens is 2. The lowest BCUT2D eigenvalue weighted by atomic mass is 9.79. The minimum Gasteiger partial charge on any atom is -0.313 e. The van der Waals surface area contributed by atoms with E-state index in [4.69, 9.17) is 0 Å². The summed E-state index contributed by atoms with van der Waals surface area (Å²) in [5.74, 6) is 0. The molecular formula is C14H27N3. The van der Waals surface area contributed by atoms with Gasteiger partial charge in [-0.1, -0.05) is 27.7 Å². The van der Waals surface area contributed by atoms with Gasteiger partial charge in [-0.3, -0.25) is 4.68 Å². The van der Waals surface area contributed by atoms with Crippen LogP contribution in [0.3, 0.4) is 0 Å². The number of aryl methyl sites for hydroxylation is 2. The molecule has 0 bridgehead atoms. The van der Waals surface area contributed by atoms with E-state index in [-0.39, 0.29) is 0 Å². The molecule has 3 heteroatoms. The van der Waals surface area contributed by atoms with Crippen molar-refractivity contribution in [2.45, 2.75) is 53.5 Å². The SMILES string of the molecule is CCNC(Cc1cc(C)nn1C)C(C)(C)CC. The molecule has 0 aliphatic carbocycles. The molecule has 0 aromatic carbocycles. The maximum atomic E-state index is 4.42. The smallest absolute Gasteiger partial charge is 0.0596 e. The average Bonchev–Trinajstić information content (AvgIpc) is 2.57. The molecule has 0 saturated heterocycles. The molecule has 17 heavy (non-hydrogen) atoms. The zero-order valence-corrected chi connectivity index (χ0v) is 12.2. The van der Waals surface area contributed by atoms with Gasteiger partial charge in [0.2, 0.25) is 0 Å². The fourth-order valence-electron chi connectivity index (χ4n) is 2.18. The average molecular weight is 237 g/mol. The fraction of sp³-hybridized carbons (Fsp3) is 0.786.